The molecule has 0 aromatic heterocycles. The Kier molecular flexibility index (Phi) is 55.3. The summed E-state index contributed by atoms with van der Waals surface area (Å²) in [6, 6.07) is 0. The molecule has 7 heteroatoms. The molecule has 1 fully saturated rings. The van der Waals surface area contributed by atoms with E-state index in [9.17, 15) is 0 Å². The number of hydrazine groups is 1. The molecule has 1 aliphatic heterocycles. The van der Waals surface area contributed by atoms with Crippen molar-refractivity contribution in [1.29, 1.82) is 0 Å². The lowest BCUT2D eigenvalue weighted by Crippen LogP contribution is -2.30. The molecule has 0 atom stereocenters. The van der Waals surface area contributed by atoms with Crippen molar-refractivity contribution in [3.05, 3.63) is 0 Å². The first-order chi connectivity index (χ1) is 3.50. The van der Waals surface area contributed by atoms with Gasteiger partial charge in [-0.15, -0.1) is 49.6 Å². The van der Waals surface area contributed by atoms with Gasteiger partial charge in [-0.1, -0.05) is 6.42 Å². The summed E-state index contributed by atoms with van der Waals surface area (Å²) in [5, 5.41) is 0. The van der Waals surface area contributed by atoms with Crippen molar-refractivity contribution in [2.24, 2.45) is 0 Å². The maximum absolute atomic E-state index is 3.10. The van der Waals surface area contributed by atoms with Crippen LogP contribution in [-0.4, -0.2) is 18.6 Å². The van der Waals surface area contributed by atoms with Crippen molar-refractivity contribution < 1.29 is 5.48 Å². The standard InChI is InChI=1S/C5H12N2.4ClH.H2O/c1-2-4-6-7-5-3-1;;;;;/h6-7H,1-5H2;4*1H;1H2. The Hall–Kier alpha value is 1.04. The molecule has 0 aliphatic carbocycles. The normalized spacial score (nSPS) is 14.0. The van der Waals surface area contributed by atoms with Crippen LogP contribution in [0.15, 0.2) is 0 Å². The van der Waals surface area contributed by atoms with E-state index >= 15 is 0 Å². The summed E-state index contributed by atoms with van der Waals surface area (Å²) in [5.74, 6) is 0. The number of hydrogen-bond acceptors (Lipinski definition) is 2. The highest BCUT2D eigenvalue weighted by molar-refractivity contribution is 5.86. The second kappa shape index (κ2) is 22.7. The zero-order valence-corrected chi connectivity index (χ0v) is 9.93. The minimum Gasteiger partial charge on any atom is -0.412 e. The fraction of sp³-hybridized carbons (Fsp3) is 1.00. The molecule has 1 aliphatic rings. The van der Waals surface area contributed by atoms with E-state index in [-0.39, 0.29) is 55.1 Å². The van der Waals surface area contributed by atoms with Gasteiger partial charge in [0.05, 0.1) is 0 Å². The van der Waals surface area contributed by atoms with Crippen molar-refractivity contribution >= 4 is 49.6 Å². The molecule has 0 unspecified atom stereocenters. The third kappa shape index (κ3) is 17.2. The van der Waals surface area contributed by atoms with E-state index in [0.29, 0.717) is 0 Å². The second-order valence-corrected chi connectivity index (χ2v) is 1.91. The van der Waals surface area contributed by atoms with Gasteiger partial charge in [0.25, 0.3) is 0 Å². The van der Waals surface area contributed by atoms with E-state index in [4.69, 9.17) is 0 Å². The van der Waals surface area contributed by atoms with Crippen molar-refractivity contribution in [2.75, 3.05) is 13.1 Å². The van der Waals surface area contributed by atoms with Crippen LogP contribution in [0.2, 0.25) is 0 Å². The Morgan fingerprint density at radius 1 is 0.583 bits per heavy atom. The van der Waals surface area contributed by atoms with Gasteiger partial charge in [-0.2, -0.15) is 0 Å². The van der Waals surface area contributed by atoms with Gasteiger partial charge in [-0.05, 0) is 12.8 Å². The topological polar surface area (TPSA) is 55.6 Å². The molecule has 0 bridgehead atoms. The third-order valence-electron chi connectivity index (χ3n) is 1.23. The quantitative estimate of drug-likeness (QED) is 0.689. The van der Waals surface area contributed by atoms with E-state index in [1.165, 1.54) is 19.3 Å². The monoisotopic (exact) mass is 262 g/mol. The maximum atomic E-state index is 3.10. The highest BCUT2D eigenvalue weighted by Crippen LogP contribution is 1.93. The summed E-state index contributed by atoms with van der Waals surface area (Å²) < 4.78 is 0. The molecule has 0 spiro atoms. The van der Waals surface area contributed by atoms with Crippen molar-refractivity contribution in [2.45, 2.75) is 19.3 Å². The maximum Gasteiger partial charge on any atom is 0.00997 e. The molecule has 1 heterocycles. The van der Waals surface area contributed by atoms with Crippen LogP contribution in [0.4, 0.5) is 0 Å². The first kappa shape index (κ1) is 29.2. The molecule has 0 amide bonds. The molecule has 1 rings (SSSR count). The van der Waals surface area contributed by atoms with Gasteiger partial charge in [0.1, 0.15) is 0 Å². The molecule has 82 valence electrons. The molecule has 0 radical (unpaired) electrons. The van der Waals surface area contributed by atoms with Gasteiger partial charge in [0.15, 0.2) is 0 Å². The smallest absolute Gasteiger partial charge is 0.00997 e. The minimum absolute atomic E-state index is 0. The Morgan fingerprint density at radius 2 is 0.917 bits per heavy atom. The SMILES string of the molecule is C1CCNNCC1.Cl.Cl.Cl.Cl.O. The third-order valence-corrected chi connectivity index (χ3v) is 1.23. The van der Waals surface area contributed by atoms with Gasteiger partial charge in [-0.3, -0.25) is 10.9 Å². The lowest BCUT2D eigenvalue weighted by Gasteiger charge is -1.95. The number of hydrogen-bond donors (Lipinski definition) is 2. The van der Waals surface area contributed by atoms with Gasteiger partial charge in [0, 0.05) is 13.1 Å². The molecule has 1 saturated heterocycles. The Labute approximate surface area is 98.4 Å². The average Bonchev–Trinajstić information content (AvgIpc) is 1.90. The molecule has 3 nitrogen and oxygen atoms in total. The van der Waals surface area contributed by atoms with Crippen LogP contribution in [-0.2, 0) is 0 Å². The fourth-order valence-electron chi connectivity index (χ4n) is 0.780. The minimum atomic E-state index is 0. The highest BCUT2D eigenvalue weighted by Gasteiger charge is 1.92. The van der Waals surface area contributed by atoms with E-state index in [1.54, 1.807) is 0 Å². The zero-order chi connectivity index (χ0) is 4.95. The summed E-state index contributed by atoms with van der Waals surface area (Å²) in [7, 11) is 0. The lowest BCUT2D eigenvalue weighted by molar-refractivity contribution is 0.573. The van der Waals surface area contributed by atoms with Gasteiger partial charge < -0.3 is 5.48 Å². The Balaban J connectivity index is -0.0000000327. The number of nitrogens with one attached hydrogen (secondary N) is 2. The molecule has 12 heavy (non-hydrogen) atoms. The molecule has 4 N–H and O–H groups in total. The Morgan fingerprint density at radius 3 is 1.25 bits per heavy atom. The summed E-state index contributed by atoms with van der Waals surface area (Å²) in [6.07, 6.45) is 4.03. The van der Waals surface area contributed by atoms with Crippen molar-refractivity contribution in [3.8, 4) is 0 Å². The van der Waals surface area contributed by atoms with Crippen LogP contribution in [0.25, 0.3) is 0 Å². The van der Waals surface area contributed by atoms with Gasteiger partial charge >= 0.3 is 0 Å². The van der Waals surface area contributed by atoms with E-state index in [1.807, 2.05) is 0 Å². The second-order valence-electron chi connectivity index (χ2n) is 1.91. The van der Waals surface area contributed by atoms with E-state index < -0.39 is 0 Å². The first-order valence-corrected chi connectivity index (χ1v) is 2.96. The molecule has 0 aromatic rings. The fourth-order valence-corrected chi connectivity index (χ4v) is 0.780. The molecular formula is C5H18Cl4N2O. The predicted molar refractivity (Wildman–Crippen MR) is 62.5 cm³/mol. The predicted octanol–water partition coefficient (Wildman–Crippen LogP) is 1.13. The molecule has 0 saturated carbocycles. The van der Waals surface area contributed by atoms with Crippen LogP contribution < -0.4 is 10.9 Å². The van der Waals surface area contributed by atoms with Gasteiger partial charge in [0.2, 0.25) is 0 Å². The van der Waals surface area contributed by atoms with Crippen molar-refractivity contribution in [3.63, 3.8) is 0 Å². The summed E-state index contributed by atoms with van der Waals surface area (Å²) in [6.45, 7) is 2.28. The number of rotatable bonds is 0. The van der Waals surface area contributed by atoms with Gasteiger partial charge in [-0.25, -0.2) is 0 Å². The average molecular weight is 264 g/mol. The summed E-state index contributed by atoms with van der Waals surface area (Å²) in [5.41, 5.74) is 6.19. The van der Waals surface area contributed by atoms with E-state index in [2.05, 4.69) is 10.9 Å². The highest BCUT2D eigenvalue weighted by atomic mass is 35.5. The molecular weight excluding hydrogens is 246 g/mol. The van der Waals surface area contributed by atoms with Crippen molar-refractivity contribution in [1.82, 2.24) is 10.9 Å². The summed E-state index contributed by atoms with van der Waals surface area (Å²) >= 11 is 0. The van der Waals surface area contributed by atoms with Crippen LogP contribution in [0.5, 0.6) is 0 Å². The van der Waals surface area contributed by atoms with Crippen LogP contribution in [0.1, 0.15) is 19.3 Å². The Bertz CT molecular complexity index is 41.1. The lowest BCUT2D eigenvalue weighted by atomic mass is 10.2. The number of halogens is 4. The van der Waals surface area contributed by atoms with E-state index in [0.717, 1.165) is 13.1 Å². The largest absolute Gasteiger partial charge is 0.412 e. The first-order valence-electron chi connectivity index (χ1n) is 2.96. The van der Waals surface area contributed by atoms with Crippen LogP contribution in [0.3, 0.4) is 0 Å². The summed E-state index contributed by atoms with van der Waals surface area (Å²) in [4.78, 5) is 0. The molecule has 0 aromatic carbocycles. The van der Waals surface area contributed by atoms with Crippen LogP contribution in [0, 0.1) is 0 Å². The zero-order valence-electron chi connectivity index (χ0n) is 6.67. The van der Waals surface area contributed by atoms with Crippen LogP contribution >= 0.6 is 49.6 Å².